The number of halogens is 1. The van der Waals surface area contributed by atoms with Crippen LogP contribution in [0, 0.1) is 0 Å². The van der Waals surface area contributed by atoms with Crippen molar-refractivity contribution in [1.29, 1.82) is 0 Å². The molecule has 28 heavy (non-hydrogen) atoms. The minimum atomic E-state index is -3.84. The van der Waals surface area contributed by atoms with Crippen molar-refractivity contribution in [1.82, 2.24) is 9.62 Å². The summed E-state index contributed by atoms with van der Waals surface area (Å²) in [6, 6.07) is 12.5. The third kappa shape index (κ3) is 6.94. The molecule has 7 nitrogen and oxygen atoms in total. The molecule has 3 N–H and O–H groups in total. The minimum Gasteiger partial charge on any atom is -0.438 e. The van der Waals surface area contributed by atoms with Crippen molar-refractivity contribution in [2.45, 2.75) is 37.8 Å². The number of hydrogen-bond donors (Lipinski definition) is 2. The van der Waals surface area contributed by atoms with E-state index in [1.165, 1.54) is 12.1 Å². The molecule has 0 aliphatic rings. The first-order valence-corrected chi connectivity index (χ1v) is 10.3. The van der Waals surface area contributed by atoms with Crippen molar-refractivity contribution in [3.63, 3.8) is 0 Å². The molecule has 2 rings (SSSR count). The van der Waals surface area contributed by atoms with E-state index in [4.69, 9.17) is 10.2 Å². The Balaban J connectivity index is 0.00000392. The van der Waals surface area contributed by atoms with Gasteiger partial charge in [-0.3, -0.25) is 4.79 Å². The van der Waals surface area contributed by atoms with Crippen LogP contribution in [0.15, 0.2) is 52.0 Å². The largest absolute Gasteiger partial charge is 0.438 e. The van der Waals surface area contributed by atoms with Crippen LogP contribution in [0.2, 0.25) is 0 Å². The van der Waals surface area contributed by atoms with E-state index in [2.05, 4.69) is 4.72 Å². The fourth-order valence-corrected chi connectivity index (χ4v) is 3.92. The van der Waals surface area contributed by atoms with Gasteiger partial charge in [-0.25, -0.2) is 13.1 Å². The smallest absolute Gasteiger partial charge is 0.289 e. The molecule has 0 aliphatic heterocycles. The van der Waals surface area contributed by atoms with Gasteiger partial charge in [-0.1, -0.05) is 30.3 Å². The molecule has 0 aliphatic carbocycles. The molecule has 156 valence electrons. The van der Waals surface area contributed by atoms with E-state index in [1.807, 2.05) is 30.3 Å². The second-order valence-corrected chi connectivity index (χ2v) is 8.90. The summed E-state index contributed by atoms with van der Waals surface area (Å²) >= 11 is 0. The molecule has 0 bridgehead atoms. The summed E-state index contributed by atoms with van der Waals surface area (Å²) in [5, 5.41) is -0.281. The Morgan fingerprint density at radius 3 is 2.32 bits per heavy atom. The van der Waals surface area contributed by atoms with Gasteiger partial charge in [0, 0.05) is 25.2 Å². The van der Waals surface area contributed by atoms with Gasteiger partial charge in [0.25, 0.3) is 15.9 Å². The van der Waals surface area contributed by atoms with E-state index >= 15 is 0 Å². The van der Waals surface area contributed by atoms with Crippen LogP contribution in [-0.2, 0) is 16.4 Å². The molecule has 0 saturated heterocycles. The predicted octanol–water partition coefficient (Wildman–Crippen LogP) is 2.42. The zero-order chi connectivity index (χ0) is 20.1. The molecule has 1 aromatic carbocycles. The Morgan fingerprint density at radius 1 is 1.11 bits per heavy atom. The third-order valence-corrected chi connectivity index (χ3v) is 5.33. The fraction of sp³-hybridized carbons (Fsp3) is 0.421. The van der Waals surface area contributed by atoms with Crippen LogP contribution in [0.3, 0.4) is 0 Å². The lowest BCUT2D eigenvalue weighted by atomic mass is 10.1. The molecule has 1 heterocycles. The molecule has 0 fully saturated rings. The number of hydrogen-bond acceptors (Lipinski definition) is 5. The molecule has 0 spiro atoms. The average molecular weight is 430 g/mol. The third-order valence-electron chi connectivity index (χ3n) is 3.70. The van der Waals surface area contributed by atoms with Crippen LogP contribution in [0.1, 0.15) is 36.9 Å². The van der Waals surface area contributed by atoms with Crippen molar-refractivity contribution < 1.29 is 17.6 Å². The van der Waals surface area contributed by atoms with Crippen LogP contribution in [0.5, 0.6) is 0 Å². The van der Waals surface area contributed by atoms with E-state index in [-0.39, 0.29) is 29.2 Å². The lowest BCUT2D eigenvalue weighted by Gasteiger charge is -2.21. The maximum atomic E-state index is 12.7. The highest BCUT2D eigenvalue weighted by Crippen LogP contribution is 2.18. The topological polar surface area (TPSA) is 106 Å². The first-order valence-electron chi connectivity index (χ1n) is 8.79. The van der Waals surface area contributed by atoms with E-state index < -0.39 is 15.6 Å². The lowest BCUT2D eigenvalue weighted by Crippen LogP contribution is -2.40. The van der Waals surface area contributed by atoms with Crippen LogP contribution < -0.4 is 10.5 Å². The molecule has 0 saturated carbocycles. The summed E-state index contributed by atoms with van der Waals surface area (Å²) < 4.78 is 32.5. The molecule has 9 heteroatoms. The van der Waals surface area contributed by atoms with Gasteiger partial charge in [0.1, 0.15) is 0 Å². The molecular weight excluding hydrogens is 402 g/mol. The number of sulfonamides is 1. The second-order valence-electron chi connectivity index (χ2n) is 7.29. The molecule has 2 aromatic rings. The first kappa shape index (κ1) is 24.2. The summed E-state index contributed by atoms with van der Waals surface area (Å²) in [6.07, 6.45) is 0.671. The van der Waals surface area contributed by atoms with Crippen molar-refractivity contribution in [2.24, 2.45) is 5.73 Å². The van der Waals surface area contributed by atoms with E-state index in [0.717, 1.165) is 5.56 Å². The molecule has 0 radical (unpaired) electrons. The maximum absolute atomic E-state index is 12.7. The molecule has 1 amide bonds. The average Bonchev–Trinajstić information content (AvgIpc) is 3.08. The molecule has 0 atom stereocenters. The molecular formula is C19H28ClN3O4S. The second kappa shape index (κ2) is 10.1. The Hall–Kier alpha value is -1.87. The number of nitrogens with two attached hydrogens (primary N) is 1. The van der Waals surface area contributed by atoms with Gasteiger partial charge in [-0.15, -0.1) is 12.4 Å². The van der Waals surface area contributed by atoms with Crippen LogP contribution in [0.25, 0.3) is 0 Å². The number of rotatable bonds is 8. The lowest BCUT2D eigenvalue weighted by molar-refractivity contribution is 0.0724. The van der Waals surface area contributed by atoms with E-state index in [1.54, 1.807) is 25.7 Å². The Morgan fingerprint density at radius 2 is 1.75 bits per heavy atom. The monoisotopic (exact) mass is 429 g/mol. The van der Waals surface area contributed by atoms with E-state index in [0.29, 0.717) is 26.1 Å². The van der Waals surface area contributed by atoms with Gasteiger partial charge in [0.05, 0.1) is 0 Å². The van der Waals surface area contributed by atoms with Gasteiger partial charge >= 0.3 is 0 Å². The maximum Gasteiger partial charge on any atom is 0.289 e. The Bertz CT molecular complexity index is 861. The number of nitrogens with zero attached hydrogens (tertiary/aromatic N) is 1. The highest BCUT2D eigenvalue weighted by atomic mass is 35.5. The van der Waals surface area contributed by atoms with Gasteiger partial charge in [0.15, 0.2) is 5.76 Å². The summed E-state index contributed by atoms with van der Waals surface area (Å²) in [6.45, 7) is 6.31. The summed E-state index contributed by atoms with van der Waals surface area (Å²) in [4.78, 5) is 14.3. The number of benzene rings is 1. The van der Waals surface area contributed by atoms with Gasteiger partial charge in [-0.2, -0.15) is 0 Å². The Labute approximate surface area is 172 Å². The van der Waals surface area contributed by atoms with Crippen LogP contribution >= 0.6 is 12.4 Å². The van der Waals surface area contributed by atoms with Crippen molar-refractivity contribution in [3.05, 3.63) is 53.8 Å². The quantitative estimate of drug-likeness (QED) is 0.670. The Kier molecular flexibility index (Phi) is 8.69. The fourth-order valence-electron chi connectivity index (χ4n) is 2.57. The van der Waals surface area contributed by atoms with Crippen molar-refractivity contribution in [3.8, 4) is 0 Å². The highest BCUT2D eigenvalue weighted by Gasteiger charge is 2.27. The number of carbonyl (C=O) groups is 1. The zero-order valence-corrected chi connectivity index (χ0v) is 18.0. The summed E-state index contributed by atoms with van der Waals surface area (Å²) in [5.74, 6) is -0.403. The van der Waals surface area contributed by atoms with E-state index in [9.17, 15) is 13.2 Å². The standard InChI is InChI=1S/C19H27N3O4S.ClH/c1-19(2,3)21-27(24,25)17-10-9-16(26-17)18(23)22(14-12-20)13-11-15-7-5-4-6-8-15;/h4-10,21H,11-14,20H2,1-3H3;1H. The van der Waals surface area contributed by atoms with Crippen molar-refractivity contribution >= 4 is 28.3 Å². The normalized spacial score (nSPS) is 11.7. The van der Waals surface area contributed by atoms with Gasteiger partial charge in [0.2, 0.25) is 5.09 Å². The van der Waals surface area contributed by atoms with Crippen molar-refractivity contribution in [2.75, 3.05) is 19.6 Å². The number of amides is 1. The van der Waals surface area contributed by atoms with Crippen LogP contribution in [0.4, 0.5) is 0 Å². The minimum absolute atomic E-state index is 0. The summed E-state index contributed by atoms with van der Waals surface area (Å²) in [5.41, 5.74) is 6.07. The molecule has 1 aromatic heterocycles. The van der Waals surface area contributed by atoms with Gasteiger partial charge < -0.3 is 15.1 Å². The molecule has 0 unspecified atom stereocenters. The SMILES string of the molecule is CC(C)(C)NS(=O)(=O)c1ccc(C(=O)N(CCN)CCc2ccccc2)o1.Cl. The van der Waals surface area contributed by atoms with Crippen LogP contribution in [-0.4, -0.2) is 44.4 Å². The summed E-state index contributed by atoms with van der Waals surface area (Å²) in [7, 11) is -3.84. The highest BCUT2D eigenvalue weighted by molar-refractivity contribution is 7.89. The predicted molar refractivity (Wildman–Crippen MR) is 111 cm³/mol. The number of carbonyl (C=O) groups excluding carboxylic acids is 1. The van der Waals surface area contributed by atoms with Gasteiger partial charge in [-0.05, 0) is 44.9 Å². The first-order chi connectivity index (χ1) is 12.6. The number of nitrogens with one attached hydrogen (secondary N) is 1. The zero-order valence-electron chi connectivity index (χ0n) is 16.3. The number of furan rings is 1.